The quantitative estimate of drug-likeness (QED) is 0.809. The van der Waals surface area contributed by atoms with Gasteiger partial charge in [0.05, 0.1) is 0 Å². The van der Waals surface area contributed by atoms with E-state index in [9.17, 15) is 0 Å². The van der Waals surface area contributed by atoms with Gasteiger partial charge in [-0.05, 0) is 31.5 Å². The molecule has 0 radical (unpaired) electrons. The highest BCUT2D eigenvalue weighted by molar-refractivity contribution is 5.85. The van der Waals surface area contributed by atoms with Gasteiger partial charge in [0.15, 0.2) is 0 Å². The van der Waals surface area contributed by atoms with Crippen LogP contribution >= 0.6 is 0 Å². The molecular formula is C14H20N2. The first kappa shape index (κ1) is 11.2. The molecule has 0 aliphatic heterocycles. The molecule has 2 aromatic rings. The molecule has 16 heavy (non-hydrogen) atoms. The molecule has 0 spiro atoms. The maximum atomic E-state index is 3.48. The average Bonchev–Trinajstić information content (AvgIpc) is 2.51. The van der Waals surface area contributed by atoms with E-state index in [0.29, 0.717) is 6.04 Å². The fraction of sp³-hybridized carbons (Fsp3) is 0.429. The lowest BCUT2D eigenvalue weighted by atomic mass is 10.1. The van der Waals surface area contributed by atoms with Gasteiger partial charge in [-0.1, -0.05) is 25.5 Å². The number of H-pyrrole nitrogens is 1. The van der Waals surface area contributed by atoms with E-state index in [1.165, 1.54) is 27.7 Å². The smallest absolute Gasteiger partial charge is 0.0459 e. The monoisotopic (exact) mass is 216 g/mol. The van der Waals surface area contributed by atoms with Gasteiger partial charge in [-0.3, -0.25) is 0 Å². The van der Waals surface area contributed by atoms with Crippen LogP contribution in [0.2, 0.25) is 0 Å². The van der Waals surface area contributed by atoms with Gasteiger partial charge in [0, 0.05) is 29.2 Å². The van der Waals surface area contributed by atoms with Crippen LogP contribution in [0.1, 0.15) is 30.7 Å². The summed E-state index contributed by atoms with van der Waals surface area (Å²) in [6.07, 6.45) is 0. The number of aromatic nitrogens is 1. The summed E-state index contributed by atoms with van der Waals surface area (Å²) in [4.78, 5) is 3.44. The largest absolute Gasteiger partial charge is 0.358 e. The van der Waals surface area contributed by atoms with Crippen LogP contribution in [0, 0.1) is 13.8 Å². The Kier molecular flexibility index (Phi) is 3.01. The highest BCUT2D eigenvalue weighted by Gasteiger charge is 2.08. The van der Waals surface area contributed by atoms with Gasteiger partial charge in [0.1, 0.15) is 0 Å². The van der Waals surface area contributed by atoms with Crippen LogP contribution < -0.4 is 5.32 Å². The first-order chi connectivity index (χ1) is 7.58. The predicted molar refractivity (Wildman–Crippen MR) is 69.7 cm³/mol. The number of nitrogens with one attached hydrogen (secondary N) is 2. The molecular weight excluding hydrogens is 196 g/mol. The second-order valence-corrected chi connectivity index (χ2v) is 4.81. The van der Waals surface area contributed by atoms with Crippen molar-refractivity contribution in [3.05, 3.63) is 35.0 Å². The SMILES string of the molecule is Cc1ccc2[nH]c(C)c(CNC(C)C)c2c1. The van der Waals surface area contributed by atoms with E-state index in [2.05, 4.69) is 56.2 Å². The molecule has 0 aliphatic carbocycles. The van der Waals surface area contributed by atoms with Crippen molar-refractivity contribution < 1.29 is 0 Å². The number of aromatic amines is 1. The fourth-order valence-electron chi connectivity index (χ4n) is 2.03. The standard InChI is InChI=1S/C14H20N2/c1-9(2)15-8-13-11(4)16-14-6-5-10(3)7-12(13)14/h5-7,9,15-16H,8H2,1-4H3. The summed E-state index contributed by atoms with van der Waals surface area (Å²) in [5, 5.41) is 4.83. The third-order valence-electron chi connectivity index (χ3n) is 2.96. The molecule has 1 aromatic heterocycles. The molecule has 0 saturated carbocycles. The van der Waals surface area contributed by atoms with Crippen molar-refractivity contribution in [3.63, 3.8) is 0 Å². The fourth-order valence-corrected chi connectivity index (χ4v) is 2.03. The van der Waals surface area contributed by atoms with Crippen LogP contribution in [0.25, 0.3) is 10.9 Å². The molecule has 86 valence electrons. The Bertz CT molecular complexity index is 495. The van der Waals surface area contributed by atoms with Gasteiger partial charge in [-0.15, -0.1) is 0 Å². The number of benzene rings is 1. The maximum absolute atomic E-state index is 3.48. The zero-order chi connectivity index (χ0) is 11.7. The maximum Gasteiger partial charge on any atom is 0.0459 e. The van der Waals surface area contributed by atoms with E-state index in [1.54, 1.807) is 0 Å². The number of rotatable bonds is 3. The minimum absolute atomic E-state index is 0.522. The molecule has 0 aliphatic rings. The summed E-state index contributed by atoms with van der Waals surface area (Å²) < 4.78 is 0. The molecule has 0 amide bonds. The normalized spacial score (nSPS) is 11.6. The summed E-state index contributed by atoms with van der Waals surface area (Å²) in [5.41, 5.74) is 5.22. The van der Waals surface area contributed by atoms with Gasteiger partial charge >= 0.3 is 0 Å². The van der Waals surface area contributed by atoms with Gasteiger partial charge in [-0.2, -0.15) is 0 Å². The Morgan fingerprint density at radius 1 is 1.25 bits per heavy atom. The summed E-state index contributed by atoms with van der Waals surface area (Å²) >= 11 is 0. The van der Waals surface area contributed by atoms with Crippen molar-refractivity contribution in [2.75, 3.05) is 0 Å². The Morgan fingerprint density at radius 3 is 2.69 bits per heavy atom. The van der Waals surface area contributed by atoms with Crippen molar-refractivity contribution in [2.45, 2.75) is 40.3 Å². The molecule has 0 atom stereocenters. The van der Waals surface area contributed by atoms with E-state index in [1.807, 2.05) is 0 Å². The molecule has 1 aromatic carbocycles. The van der Waals surface area contributed by atoms with Crippen molar-refractivity contribution >= 4 is 10.9 Å². The predicted octanol–water partition coefficient (Wildman–Crippen LogP) is 3.28. The lowest BCUT2D eigenvalue weighted by Crippen LogP contribution is -2.22. The van der Waals surface area contributed by atoms with Crippen LogP contribution in [-0.4, -0.2) is 11.0 Å². The molecule has 2 heteroatoms. The first-order valence-electron chi connectivity index (χ1n) is 5.89. The summed E-state index contributed by atoms with van der Waals surface area (Å²) in [6, 6.07) is 7.10. The highest BCUT2D eigenvalue weighted by atomic mass is 14.9. The Balaban J connectivity index is 2.42. The summed E-state index contributed by atoms with van der Waals surface area (Å²) in [7, 11) is 0. The van der Waals surface area contributed by atoms with E-state index >= 15 is 0 Å². The summed E-state index contributed by atoms with van der Waals surface area (Å²) in [5.74, 6) is 0. The Labute approximate surface area is 97.1 Å². The van der Waals surface area contributed by atoms with Crippen LogP contribution in [0.5, 0.6) is 0 Å². The highest BCUT2D eigenvalue weighted by Crippen LogP contribution is 2.23. The zero-order valence-corrected chi connectivity index (χ0v) is 10.5. The van der Waals surface area contributed by atoms with Crippen molar-refractivity contribution in [3.8, 4) is 0 Å². The lowest BCUT2D eigenvalue weighted by molar-refractivity contribution is 0.589. The number of aryl methyl sites for hydroxylation is 2. The van der Waals surface area contributed by atoms with Crippen molar-refractivity contribution in [2.24, 2.45) is 0 Å². The third-order valence-corrected chi connectivity index (χ3v) is 2.96. The molecule has 2 N–H and O–H groups in total. The molecule has 0 saturated heterocycles. The van der Waals surface area contributed by atoms with Gasteiger partial charge in [0.25, 0.3) is 0 Å². The number of fused-ring (bicyclic) bond motifs is 1. The van der Waals surface area contributed by atoms with E-state index < -0.39 is 0 Å². The van der Waals surface area contributed by atoms with E-state index in [-0.39, 0.29) is 0 Å². The van der Waals surface area contributed by atoms with Gasteiger partial charge in [0.2, 0.25) is 0 Å². The Hall–Kier alpha value is -1.28. The molecule has 0 fully saturated rings. The minimum Gasteiger partial charge on any atom is -0.358 e. The van der Waals surface area contributed by atoms with Crippen LogP contribution in [0.4, 0.5) is 0 Å². The van der Waals surface area contributed by atoms with Crippen LogP contribution in [0.15, 0.2) is 18.2 Å². The second kappa shape index (κ2) is 4.30. The van der Waals surface area contributed by atoms with Crippen LogP contribution in [-0.2, 0) is 6.54 Å². The van der Waals surface area contributed by atoms with Crippen molar-refractivity contribution in [1.29, 1.82) is 0 Å². The molecule has 0 bridgehead atoms. The zero-order valence-electron chi connectivity index (χ0n) is 10.5. The van der Waals surface area contributed by atoms with Crippen LogP contribution in [0.3, 0.4) is 0 Å². The lowest BCUT2D eigenvalue weighted by Gasteiger charge is -2.08. The topological polar surface area (TPSA) is 27.8 Å². The molecule has 1 heterocycles. The average molecular weight is 216 g/mol. The van der Waals surface area contributed by atoms with Crippen molar-refractivity contribution in [1.82, 2.24) is 10.3 Å². The van der Waals surface area contributed by atoms with E-state index in [4.69, 9.17) is 0 Å². The Morgan fingerprint density at radius 2 is 2.00 bits per heavy atom. The molecule has 0 unspecified atom stereocenters. The third kappa shape index (κ3) is 2.12. The van der Waals surface area contributed by atoms with Gasteiger partial charge in [-0.25, -0.2) is 0 Å². The minimum atomic E-state index is 0.522. The summed E-state index contributed by atoms with van der Waals surface area (Å²) in [6.45, 7) is 9.58. The molecule has 2 rings (SSSR count). The first-order valence-corrected chi connectivity index (χ1v) is 5.89. The number of hydrogen-bond donors (Lipinski definition) is 2. The second-order valence-electron chi connectivity index (χ2n) is 4.81. The van der Waals surface area contributed by atoms with E-state index in [0.717, 1.165) is 6.54 Å². The van der Waals surface area contributed by atoms with Gasteiger partial charge < -0.3 is 10.3 Å². The number of hydrogen-bond acceptors (Lipinski definition) is 1. The molecule has 2 nitrogen and oxygen atoms in total.